The zero-order valence-electron chi connectivity index (χ0n) is 10.9. The van der Waals surface area contributed by atoms with Crippen LogP contribution in [0.3, 0.4) is 0 Å². The lowest BCUT2D eigenvalue weighted by molar-refractivity contribution is -0.122. The topological polar surface area (TPSA) is 44.4 Å². The molecule has 2 fully saturated rings. The highest BCUT2D eigenvalue weighted by Crippen LogP contribution is 2.30. The van der Waals surface area contributed by atoms with Gasteiger partial charge in [0.1, 0.15) is 0 Å². The Morgan fingerprint density at radius 2 is 1.94 bits per heavy atom. The fourth-order valence-electron chi connectivity index (χ4n) is 2.46. The molecule has 0 atom stereocenters. The Morgan fingerprint density at radius 3 is 2.53 bits per heavy atom. The lowest BCUT2D eigenvalue weighted by Gasteiger charge is -2.32. The molecule has 1 heterocycles. The molecular weight excluding hydrogens is 214 g/mol. The Hall–Kier alpha value is -0.610. The van der Waals surface area contributed by atoms with Crippen molar-refractivity contribution in [3.8, 4) is 0 Å². The summed E-state index contributed by atoms with van der Waals surface area (Å²) >= 11 is 0. The lowest BCUT2D eigenvalue weighted by atomic mass is 10.0. The smallest absolute Gasteiger partial charge is 0.221 e. The minimum atomic E-state index is 0.194. The van der Waals surface area contributed by atoms with Crippen molar-refractivity contribution in [1.29, 1.82) is 0 Å². The van der Waals surface area contributed by atoms with Gasteiger partial charge in [0.2, 0.25) is 5.91 Å². The zero-order valence-corrected chi connectivity index (χ0v) is 10.9. The van der Waals surface area contributed by atoms with Gasteiger partial charge in [-0.05, 0) is 38.6 Å². The van der Waals surface area contributed by atoms with E-state index >= 15 is 0 Å². The summed E-state index contributed by atoms with van der Waals surface area (Å²) in [7, 11) is 1.88. The first-order chi connectivity index (χ1) is 8.28. The van der Waals surface area contributed by atoms with E-state index in [1.54, 1.807) is 0 Å². The average Bonchev–Trinajstić information content (AvgIpc) is 3.13. The fourth-order valence-corrected chi connectivity index (χ4v) is 2.46. The molecule has 4 nitrogen and oxygen atoms in total. The van der Waals surface area contributed by atoms with Crippen molar-refractivity contribution in [2.75, 3.05) is 33.2 Å². The molecule has 1 aliphatic carbocycles. The fraction of sp³-hybridized carbons (Fsp3) is 0.923. The molecule has 4 heteroatoms. The molecule has 1 saturated heterocycles. The molecule has 0 aromatic heterocycles. The molecule has 1 saturated carbocycles. The maximum Gasteiger partial charge on any atom is 0.221 e. The minimum absolute atomic E-state index is 0.194. The van der Waals surface area contributed by atoms with Crippen LogP contribution < -0.4 is 10.6 Å². The van der Waals surface area contributed by atoms with Gasteiger partial charge in [0.25, 0.3) is 0 Å². The first kappa shape index (κ1) is 12.8. The van der Waals surface area contributed by atoms with Gasteiger partial charge in [0, 0.05) is 38.6 Å². The number of hydrogen-bond acceptors (Lipinski definition) is 3. The van der Waals surface area contributed by atoms with E-state index in [-0.39, 0.29) is 5.91 Å². The van der Waals surface area contributed by atoms with Gasteiger partial charge in [0.15, 0.2) is 0 Å². The number of rotatable bonds is 6. The van der Waals surface area contributed by atoms with E-state index in [1.807, 2.05) is 7.05 Å². The molecule has 0 radical (unpaired) electrons. The first-order valence-electron chi connectivity index (χ1n) is 6.94. The Kier molecular flexibility index (Phi) is 4.80. The molecule has 1 amide bonds. The van der Waals surface area contributed by atoms with Crippen LogP contribution in [0.4, 0.5) is 0 Å². The van der Waals surface area contributed by atoms with Crippen LogP contribution >= 0.6 is 0 Å². The SMILES string of the molecule is CNCCC(=O)NC1CCN(CC2CC2)CC1. The second-order valence-corrected chi connectivity index (χ2v) is 5.44. The molecule has 2 rings (SSSR count). The maximum atomic E-state index is 11.6. The summed E-state index contributed by atoms with van der Waals surface area (Å²) in [6.07, 6.45) is 5.70. The standard InChI is InChI=1S/C13H25N3O/c1-14-7-4-13(17)15-12-5-8-16(9-6-12)10-11-2-3-11/h11-12,14H,2-10H2,1H3,(H,15,17). The van der Waals surface area contributed by atoms with Crippen LogP contribution in [0.1, 0.15) is 32.1 Å². The molecule has 98 valence electrons. The second kappa shape index (κ2) is 6.36. The summed E-state index contributed by atoms with van der Waals surface area (Å²) in [5.41, 5.74) is 0. The summed E-state index contributed by atoms with van der Waals surface area (Å²) < 4.78 is 0. The van der Waals surface area contributed by atoms with Crippen molar-refractivity contribution in [1.82, 2.24) is 15.5 Å². The van der Waals surface area contributed by atoms with Crippen LogP contribution in [-0.4, -0.2) is 50.1 Å². The van der Waals surface area contributed by atoms with Gasteiger partial charge in [-0.2, -0.15) is 0 Å². The molecule has 0 aromatic rings. The van der Waals surface area contributed by atoms with Gasteiger partial charge in [-0.25, -0.2) is 0 Å². The van der Waals surface area contributed by atoms with Gasteiger partial charge in [-0.3, -0.25) is 4.79 Å². The summed E-state index contributed by atoms with van der Waals surface area (Å²) in [6.45, 7) is 4.38. The first-order valence-corrected chi connectivity index (χ1v) is 6.94. The summed E-state index contributed by atoms with van der Waals surface area (Å²) in [5.74, 6) is 1.18. The normalized spacial score (nSPS) is 22.6. The number of nitrogens with zero attached hydrogens (tertiary/aromatic N) is 1. The van der Waals surface area contributed by atoms with E-state index < -0.39 is 0 Å². The van der Waals surface area contributed by atoms with Crippen LogP contribution in [0.25, 0.3) is 0 Å². The Morgan fingerprint density at radius 1 is 1.24 bits per heavy atom. The van der Waals surface area contributed by atoms with Crippen LogP contribution in [-0.2, 0) is 4.79 Å². The zero-order chi connectivity index (χ0) is 12.1. The van der Waals surface area contributed by atoms with E-state index in [2.05, 4.69) is 15.5 Å². The molecule has 17 heavy (non-hydrogen) atoms. The molecule has 0 unspecified atom stereocenters. The van der Waals surface area contributed by atoms with Crippen LogP contribution in [0.5, 0.6) is 0 Å². The number of piperidine rings is 1. The van der Waals surface area contributed by atoms with E-state index in [9.17, 15) is 4.79 Å². The monoisotopic (exact) mass is 239 g/mol. The summed E-state index contributed by atoms with van der Waals surface area (Å²) in [6, 6.07) is 0.412. The predicted octanol–water partition coefficient (Wildman–Crippen LogP) is 0.587. The van der Waals surface area contributed by atoms with E-state index in [1.165, 1.54) is 19.4 Å². The molecule has 2 N–H and O–H groups in total. The maximum absolute atomic E-state index is 11.6. The van der Waals surface area contributed by atoms with Crippen molar-refractivity contribution in [2.45, 2.75) is 38.1 Å². The lowest BCUT2D eigenvalue weighted by Crippen LogP contribution is -2.45. The Bertz CT molecular complexity index is 245. The highest BCUT2D eigenvalue weighted by atomic mass is 16.1. The van der Waals surface area contributed by atoms with E-state index in [4.69, 9.17) is 0 Å². The minimum Gasteiger partial charge on any atom is -0.353 e. The van der Waals surface area contributed by atoms with Gasteiger partial charge in [-0.15, -0.1) is 0 Å². The Balaban J connectivity index is 1.59. The molecule has 2 aliphatic rings. The number of likely N-dealkylation sites (tertiary alicyclic amines) is 1. The summed E-state index contributed by atoms with van der Waals surface area (Å²) in [5, 5.41) is 6.14. The largest absolute Gasteiger partial charge is 0.353 e. The summed E-state index contributed by atoms with van der Waals surface area (Å²) in [4.78, 5) is 14.1. The van der Waals surface area contributed by atoms with Crippen molar-refractivity contribution in [3.63, 3.8) is 0 Å². The number of carbonyl (C=O) groups excluding carboxylic acids is 1. The van der Waals surface area contributed by atoms with Crippen molar-refractivity contribution in [2.24, 2.45) is 5.92 Å². The quantitative estimate of drug-likeness (QED) is 0.713. The third-order valence-electron chi connectivity index (χ3n) is 3.77. The number of carbonyl (C=O) groups is 1. The van der Waals surface area contributed by atoms with Crippen LogP contribution in [0.15, 0.2) is 0 Å². The van der Waals surface area contributed by atoms with Crippen molar-refractivity contribution < 1.29 is 4.79 Å². The highest BCUT2D eigenvalue weighted by Gasteiger charge is 2.27. The van der Waals surface area contributed by atoms with Gasteiger partial charge < -0.3 is 15.5 Å². The average molecular weight is 239 g/mol. The van der Waals surface area contributed by atoms with Crippen molar-refractivity contribution in [3.05, 3.63) is 0 Å². The highest BCUT2D eigenvalue weighted by molar-refractivity contribution is 5.76. The third kappa shape index (κ3) is 4.64. The van der Waals surface area contributed by atoms with Crippen molar-refractivity contribution >= 4 is 5.91 Å². The van der Waals surface area contributed by atoms with Crippen LogP contribution in [0, 0.1) is 5.92 Å². The Labute approximate surface area is 104 Å². The number of amides is 1. The number of hydrogen-bond donors (Lipinski definition) is 2. The van der Waals surface area contributed by atoms with Gasteiger partial charge in [0.05, 0.1) is 0 Å². The molecule has 0 spiro atoms. The molecule has 0 bridgehead atoms. The van der Waals surface area contributed by atoms with Crippen LogP contribution in [0.2, 0.25) is 0 Å². The molecule has 1 aliphatic heterocycles. The second-order valence-electron chi connectivity index (χ2n) is 5.44. The van der Waals surface area contributed by atoms with Gasteiger partial charge in [-0.1, -0.05) is 0 Å². The van der Waals surface area contributed by atoms with E-state index in [0.717, 1.165) is 38.4 Å². The number of nitrogens with one attached hydrogen (secondary N) is 2. The molecule has 0 aromatic carbocycles. The molecular formula is C13H25N3O. The predicted molar refractivity (Wildman–Crippen MR) is 68.9 cm³/mol. The van der Waals surface area contributed by atoms with Gasteiger partial charge >= 0.3 is 0 Å². The third-order valence-corrected chi connectivity index (χ3v) is 3.77. The van der Waals surface area contributed by atoms with E-state index in [0.29, 0.717) is 12.5 Å².